The van der Waals surface area contributed by atoms with Crippen molar-refractivity contribution in [3.63, 3.8) is 0 Å². The third kappa shape index (κ3) is 4.89. The summed E-state index contributed by atoms with van der Waals surface area (Å²) < 4.78 is 5.33. The molecular formula is C21H24N2O3S. The van der Waals surface area contributed by atoms with Crippen molar-refractivity contribution in [2.45, 2.75) is 55.1 Å². The van der Waals surface area contributed by atoms with Gasteiger partial charge in [0.1, 0.15) is 5.03 Å². The van der Waals surface area contributed by atoms with Crippen LogP contribution >= 0.6 is 11.8 Å². The minimum Gasteiger partial charge on any atom is -0.452 e. The van der Waals surface area contributed by atoms with Crippen LogP contribution in [0.5, 0.6) is 0 Å². The van der Waals surface area contributed by atoms with Crippen molar-refractivity contribution in [1.82, 2.24) is 9.88 Å². The van der Waals surface area contributed by atoms with Crippen LogP contribution in [0.3, 0.4) is 0 Å². The minimum atomic E-state index is -0.521. The number of amides is 1. The van der Waals surface area contributed by atoms with Crippen LogP contribution in [0.4, 0.5) is 0 Å². The zero-order valence-electron chi connectivity index (χ0n) is 15.6. The van der Waals surface area contributed by atoms with E-state index in [1.165, 1.54) is 11.8 Å². The molecule has 1 aliphatic heterocycles. The van der Waals surface area contributed by atoms with Crippen LogP contribution in [-0.4, -0.2) is 40.5 Å². The van der Waals surface area contributed by atoms with Gasteiger partial charge in [0.05, 0.1) is 5.56 Å². The van der Waals surface area contributed by atoms with Gasteiger partial charge in [-0.2, -0.15) is 0 Å². The molecule has 0 spiro atoms. The van der Waals surface area contributed by atoms with Crippen LogP contribution in [0.15, 0.2) is 58.6 Å². The first-order chi connectivity index (χ1) is 13.1. The van der Waals surface area contributed by atoms with E-state index in [1.54, 1.807) is 18.3 Å². The molecule has 0 bridgehead atoms. The second kappa shape index (κ2) is 9.04. The molecule has 3 rings (SSSR count). The number of pyridine rings is 1. The number of hydrogen-bond acceptors (Lipinski definition) is 5. The molecule has 142 valence electrons. The highest BCUT2D eigenvalue weighted by atomic mass is 32.2. The maximum Gasteiger partial charge on any atom is 0.341 e. The monoisotopic (exact) mass is 384 g/mol. The molecule has 1 saturated heterocycles. The molecule has 1 amide bonds. The first-order valence-corrected chi connectivity index (χ1v) is 10.0. The largest absolute Gasteiger partial charge is 0.452 e. The Morgan fingerprint density at radius 2 is 1.81 bits per heavy atom. The molecule has 2 heterocycles. The maximum absolute atomic E-state index is 12.6. The Kier molecular flexibility index (Phi) is 6.50. The lowest BCUT2D eigenvalue weighted by Gasteiger charge is -2.38. The normalized spacial score (nSPS) is 19.6. The molecule has 0 unspecified atom stereocenters. The Labute approximate surface area is 164 Å². The maximum atomic E-state index is 12.6. The summed E-state index contributed by atoms with van der Waals surface area (Å²) in [4.78, 5) is 32.3. The zero-order chi connectivity index (χ0) is 19.2. The Hall–Kier alpha value is -2.34. The molecule has 1 aromatic carbocycles. The van der Waals surface area contributed by atoms with E-state index in [2.05, 4.69) is 4.98 Å². The van der Waals surface area contributed by atoms with Gasteiger partial charge in [-0.1, -0.05) is 30.0 Å². The molecule has 5 nitrogen and oxygen atoms in total. The Balaban J connectivity index is 1.65. The van der Waals surface area contributed by atoms with Gasteiger partial charge in [0.25, 0.3) is 5.91 Å². The summed E-state index contributed by atoms with van der Waals surface area (Å²) in [7, 11) is 0. The van der Waals surface area contributed by atoms with Gasteiger partial charge >= 0.3 is 5.97 Å². The Morgan fingerprint density at radius 1 is 1.11 bits per heavy atom. The van der Waals surface area contributed by atoms with Crippen LogP contribution in [0.1, 0.15) is 43.5 Å². The highest BCUT2D eigenvalue weighted by Gasteiger charge is 2.29. The van der Waals surface area contributed by atoms with E-state index in [9.17, 15) is 9.59 Å². The van der Waals surface area contributed by atoms with Crippen LogP contribution in [0.25, 0.3) is 0 Å². The van der Waals surface area contributed by atoms with Crippen LogP contribution in [0.2, 0.25) is 0 Å². The molecule has 2 aromatic rings. The summed E-state index contributed by atoms with van der Waals surface area (Å²) in [5.74, 6) is -0.656. The molecule has 0 N–H and O–H groups in total. The van der Waals surface area contributed by atoms with Gasteiger partial charge in [-0.25, -0.2) is 9.78 Å². The standard InChI is InChI=1S/C21H24N2O3S/c1-15-8-6-9-16(2)23(15)19(24)14-26-21(25)18-12-7-13-22-20(18)27-17-10-4-3-5-11-17/h3-5,7,10-13,15-16H,6,8-9,14H2,1-2H3/t15-,16-/m1/s1. The molecule has 0 aliphatic carbocycles. The quantitative estimate of drug-likeness (QED) is 0.724. The SMILES string of the molecule is C[C@@H]1CCC[C@@H](C)N1C(=O)COC(=O)c1cccnc1Sc1ccccc1. The highest BCUT2D eigenvalue weighted by Crippen LogP contribution is 2.29. The van der Waals surface area contributed by atoms with Crippen LogP contribution < -0.4 is 0 Å². The fourth-order valence-corrected chi connectivity index (χ4v) is 4.31. The predicted molar refractivity (Wildman–Crippen MR) is 105 cm³/mol. The predicted octanol–water partition coefficient (Wildman–Crippen LogP) is 4.18. The molecule has 0 radical (unpaired) electrons. The fraction of sp³-hybridized carbons (Fsp3) is 0.381. The smallest absolute Gasteiger partial charge is 0.341 e. The number of nitrogens with zero attached hydrogens (tertiary/aromatic N) is 2. The molecule has 1 aliphatic rings. The fourth-order valence-electron chi connectivity index (χ4n) is 3.42. The summed E-state index contributed by atoms with van der Waals surface area (Å²) in [6.45, 7) is 3.86. The molecule has 27 heavy (non-hydrogen) atoms. The van der Waals surface area contributed by atoms with E-state index in [1.807, 2.05) is 49.1 Å². The van der Waals surface area contributed by atoms with Crippen molar-refractivity contribution in [1.29, 1.82) is 0 Å². The summed E-state index contributed by atoms with van der Waals surface area (Å²) in [6.07, 6.45) is 4.75. The first-order valence-electron chi connectivity index (χ1n) is 9.22. The zero-order valence-corrected chi connectivity index (χ0v) is 16.4. The van der Waals surface area contributed by atoms with E-state index in [4.69, 9.17) is 4.74 Å². The average Bonchev–Trinajstić information content (AvgIpc) is 2.67. The second-order valence-corrected chi connectivity index (χ2v) is 7.84. The van der Waals surface area contributed by atoms with E-state index in [0.29, 0.717) is 10.6 Å². The van der Waals surface area contributed by atoms with Gasteiger partial charge in [-0.15, -0.1) is 0 Å². The lowest BCUT2D eigenvalue weighted by Crippen LogP contribution is -2.49. The third-order valence-corrected chi connectivity index (χ3v) is 5.78. The molecule has 2 atom stereocenters. The van der Waals surface area contributed by atoms with Crippen molar-refractivity contribution in [3.05, 3.63) is 54.2 Å². The van der Waals surface area contributed by atoms with Gasteiger partial charge in [-0.3, -0.25) is 4.79 Å². The first kappa shape index (κ1) is 19.4. The number of carbonyl (C=O) groups excluding carboxylic acids is 2. The summed E-state index contributed by atoms with van der Waals surface area (Å²) in [6, 6.07) is 13.5. The van der Waals surface area contributed by atoms with E-state index in [-0.39, 0.29) is 24.6 Å². The van der Waals surface area contributed by atoms with E-state index < -0.39 is 5.97 Å². The molecule has 1 aromatic heterocycles. The van der Waals surface area contributed by atoms with Crippen molar-refractivity contribution in [2.24, 2.45) is 0 Å². The van der Waals surface area contributed by atoms with Crippen LogP contribution in [-0.2, 0) is 9.53 Å². The van der Waals surface area contributed by atoms with Gasteiger partial charge < -0.3 is 9.64 Å². The number of carbonyl (C=O) groups is 2. The number of hydrogen-bond donors (Lipinski definition) is 0. The van der Waals surface area contributed by atoms with Crippen LogP contribution in [0, 0.1) is 0 Å². The molecule has 1 fully saturated rings. The lowest BCUT2D eigenvalue weighted by atomic mass is 9.97. The van der Waals surface area contributed by atoms with Crippen molar-refractivity contribution in [3.8, 4) is 0 Å². The second-order valence-electron chi connectivity index (χ2n) is 6.78. The number of ether oxygens (including phenoxy) is 1. The minimum absolute atomic E-state index is 0.135. The van der Waals surface area contributed by atoms with E-state index in [0.717, 1.165) is 24.2 Å². The Bertz CT molecular complexity index is 787. The summed E-state index contributed by atoms with van der Waals surface area (Å²) in [5.41, 5.74) is 0.374. The molecule has 6 heteroatoms. The highest BCUT2D eigenvalue weighted by molar-refractivity contribution is 7.99. The molecular weight excluding hydrogens is 360 g/mol. The van der Waals surface area contributed by atoms with Crippen molar-refractivity contribution in [2.75, 3.05) is 6.61 Å². The molecule has 0 saturated carbocycles. The number of aromatic nitrogens is 1. The topological polar surface area (TPSA) is 59.5 Å². The average molecular weight is 385 g/mol. The van der Waals surface area contributed by atoms with Gasteiger partial charge in [0.2, 0.25) is 0 Å². The van der Waals surface area contributed by atoms with Gasteiger partial charge in [-0.05, 0) is 57.4 Å². The van der Waals surface area contributed by atoms with E-state index >= 15 is 0 Å². The third-order valence-electron chi connectivity index (χ3n) is 4.76. The Morgan fingerprint density at radius 3 is 2.52 bits per heavy atom. The number of piperidine rings is 1. The number of esters is 1. The number of rotatable bonds is 5. The summed E-state index contributed by atoms with van der Waals surface area (Å²) >= 11 is 1.40. The lowest BCUT2D eigenvalue weighted by molar-refractivity contribution is -0.140. The van der Waals surface area contributed by atoms with Crippen molar-refractivity contribution < 1.29 is 14.3 Å². The van der Waals surface area contributed by atoms with Gasteiger partial charge in [0, 0.05) is 23.2 Å². The summed E-state index contributed by atoms with van der Waals surface area (Å²) in [5, 5.41) is 0.570. The van der Waals surface area contributed by atoms with Gasteiger partial charge in [0.15, 0.2) is 6.61 Å². The van der Waals surface area contributed by atoms with Crippen molar-refractivity contribution >= 4 is 23.6 Å². The number of likely N-dealkylation sites (tertiary alicyclic amines) is 1. The number of benzene rings is 1.